The van der Waals surface area contributed by atoms with Crippen molar-refractivity contribution >= 4 is 44.6 Å². The highest BCUT2D eigenvalue weighted by atomic mass is 127. The Morgan fingerprint density at radius 1 is 1.19 bits per heavy atom. The molecule has 0 aliphatic heterocycles. The zero-order valence-corrected chi connectivity index (χ0v) is 13.8. The minimum atomic E-state index is -3.95. The molecule has 0 spiro atoms. The van der Waals surface area contributed by atoms with Gasteiger partial charge in [0.15, 0.2) is 0 Å². The predicted octanol–water partition coefficient (Wildman–Crippen LogP) is 1.28. The van der Waals surface area contributed by atoms with Gasteiger partial charge in [-0.1, -0.05) is 0 Å². The van der Waals surface area contributed by atoms with Crippen molar-refractivity contribution in [3.8, 4) is 0 Å². The topological polar surface area (TPSA) is 121 Å². The van der Waals surface area contributed by atoms with Crippen LogP contribution in [-0.2, 0) is 19.6 Å². The van der Waals surface area contributed by atoms with Gasteiger partial charge in [0.1, 0.15) is 6.04 Å². The van der Waals surface area contributed by atoms with E-state index < -0.39 is 28.0 Å². The first-order chi connectivity index (χ1) is 9.72. The first kappa shape index (κ1) is 17.9. The SMILES string of the molecule is O=C(O)CCC[C@@H](NS(=O)(=O)c1ccc(I)cc1)C(=O)O. The second kappa shape index (κ2) is 7.71. The molecule has 9 heteroatoms. The average molecular weight is 427 g/mol. The van der Waals surface area contributed by atoms with Gasteiger partial charge < -0.3 is 10.2 Å². The molecule has 0 heterocycles. The first-order valence-corrected chi connectivity index (χ1v) is 8.51. The average Bonchev–Trinajstić information content (AvgIpc) is 2.37. The van der Waals surface area contributed by atoms with E-state index in [9.17, 15) is 18.0 Å². The molecule has 1 aromatic rings. The fourth-order valence-corrected chi connectivity index (χ4v) is 3.14. The summed E-state index contributed by atoms with van der Waals surface area (Å²) in [5, 5.41) is 17.5. The fraction of sp³-hybridized carbons (Fsp3) is 0.333. The Morgan fingerprint density at radius 2 is 1.76 bits per heavy atom. The number of carbonyl (C=O) groups is 2. The van der Waals surface area contributed by atoms with Gasteiger partial charge in [-0.15, -0.1) is 0 Å². The van der Waals surface area contributed by atoms with Crippen molar-refractivity contribution in [2.75, 3.05) is 0 Å². The molecule has 0 bridgehead atoms. The van der Waals surface area contributed by atoms with E-state index in [4.69, 9.17) is 10.2 Å². The Bertz CT molecular complexity index is 613. The molecule has 0 fully saturated rings. The highest BCUT2D eigenvalue weighted by Gasteiger charge is 2.25. The summed E-state index contributed by atoms with van der Waals surface area (Å²) in [5.41, 5.74) is 0. The Morgan fingerprint density at radius 3 is 2.24 bits per heavy atom. The van der Waals surface area contributed by atoms with Gasteiger partial charge in [0, 0.05) is 9.99 Å². The van der Waals surface area contributed by atoms with Crippen LogP contribution in [0.25, 0.3) is 0 Å². The van der Waals surface area contributed by atoms with Gasteiger partial charge in [-0.2, -0.15) is 4.72 Å². The molecule has 7 nitrogen and oxygen atoms in total. The molecule has 0 unspecified atom stereocenters. The molecule has 116 valence electrons. The lowest BCUT2D eigenvalue weighted by Crippen LogP contribution is -2.40. The Hall–Kier alpha value is -1.20. The number of halogens is 1. The van der Waals surface area contributed by atoms with E-state index in [-0.39, 0.29) is 24.2 Å². The Kier molecular flexibility index (Phi) is 6.55. The van der Waals surface area contributed by atoms with Crippen LogP contribution in [0.1, 0.15) is 19.3 Å². The number of benzene rings is 1. The second-order valence-corrected chi connectivity index (χ2v) is 7.21. The lowest BCUT2D eigenvalue weighted by atomic mass is 10.1. The highest BCUT2D eigenvalue weighted by Crippen LogP contribution is 2.13. The van der Waals surface area contributed by atoms with Crippen LogP contribution in [0, 0.1) is 3.57 Å². The molecule has 0 radical (unpaired) electrons. The minimum absolute atomic E-state index is 0.0348. The van der Waals surface area contributed by atoms with E-state index in [0.29, 0.717) is 0 Å². The molecule has 0 saturated carbocycles. The van der Waals surface area contributed by atoms with Crippen LogP contribution in [0.4, 0.5) is 0 Å². The van der Waals surface area contributed by atoms with Gasteiger partial charge in [0.25, 0.3) is 0 Å². The van der Waals surface area contributed by atoms with Crippen LogP contribution in [0.15, 0.2) is 29.2 Å². The maximum Gasteiger partial charge on any atom is 0.321 e. The van der Waals surface area contributed by atoms with Gasteiger partial charge >= 0.3 is 11.9 Å². The number of rotatable bonds is 8. The third-order valence-electron chi connectivity index (χ3n) is 2.60. The zero-order valence-electron chi connectivity index (χ0n) is 10.8. The number of carboxylic acids is 2. The van der Waals surface area contributed by atoms with E-state index in [1.54, 1.807) is 12.1 Å². The molecule has 1 rings (SSSR count). The maximum absolute atomic E-state index is 12.1. The molecular weight excluding hydrogens is 413 g/mol. The predicted molar refractivity (Wildman–Crippen MR) is 82.4 cm³/mol. The second-order valence-electron chi connectivity index (χ2n) is 4.25. The van der Waals surface area contributed by atoms with Gasteiger partial charge in [0.2, 0.25) is 10.0 Å². The van der Waals surface area contributed by atoms with Crippen LogP contribution in [0.5, 0.6) is 0 Å². The van der Waals surface area contributed by atoms with Crippen molar-refractivity contribution < 1.29 is 28.2 Å². The Balaban J connectivity index is 2.79. The lowest BCUT2D eigenvalue weighted by Gasteiger charge is -2.14. The van der Waals surface area contributed by atoms with Crippen molar-refractivity contribution in [3.63, 3.8) is 0 Å². The van der Waals surface area contributed by atoms with Crippen LogP contribution >= 0.6 is 22.6 Å². The van der Waals surface area contributed by atoms with Crippen molar-refractivity contribution in [2.45, 2.75) is 30.2 Å². The first-order valence-electron chi connectivity index (χ1n) is 5.95. The number of hydrogen-bond acceptors (Lipinski definition) is 4. The van der Waals surface area contributed by atoms with Gasteiger partial charge in [-0.05, 0) is 59.7 Å². The standard InChI is InChI=1S/C12H14INO6S/c13-8-4-6-9(7-5-8)21(19,20)14-10(12(17)18)2-1-3-11(15)16/h4-7,10,14H,1-3H2,(H,15,16)(H,17,18)/t10-/m1/s1. The molecule has 21 heavy (non-hydrogen) atoms. The smallest absolute Gasteiger partial charge is 0.321 e. The van der Waals surface area contributed by atoms with Gasteiger partial charge in [0.05, 0.1) is 4.90 Å². The van der Waals surface area contributed by atoms with E-state index in [1.807, 2.05) is 22.6 Å². The summed E-state index contributed by atoms with van der Waals surface area (Å²) in [6.07, 6.45) is -0.234. The molecular formula is C12H14INO6S. The summed E-state index contributed by atoms with van der Waals surface area (Å²) in [6, 6.07) is 4.58. The van der Waals surface area contributed by atoms with E-state index in [1.165, 1.54) is 12.1 Å². The van der Waals surface area contributed by atoms with Crippen LogP contribution in [-0.4, -0.2) is 36.6 Å². The zero-order chi connectivity index (χ0) is 16.0. The largest absolute Gasteiger partial charge is 0.481 e. The third kappa shape index (κ3) is 5.98. The minimum Gasteiger partial charge on any atom is -0.481 e. The quantitative estimate of drug-likeness (QED) is 0.538. The summed E-state index contributed by atoms with van der Waals surface area (Å²) in [4.78, 5) is 21.4. The van der Waals surface area contributed by atoms with Crippen molar-refractivity contribution in [1.82, 2.24) is 4.72 Å². The third-order valence-corrected chi connectivity index (χ3v) is 4.81. The van der Waals surface area contributed by atoms with Crippen LogP contribution < -0.4 is 4.72 Å². The van der Waals surface area contributed by atoms with E-state index >= 15 is 0 Å². The number of carboxylic acid groups (broad SMARTS) is 2. The summed E-state index contributed by atoms with van der Waals surface area (Å²) in [6.45, 7) is 0. The normalized spacial score (nSPS) is 12.8. The lowest BCUT2D eigenvalue weighted by molar-refractivity contribution is -0.140. The summed E-state index contributed by atoms with van der Waals surface area (Å²) in [7, 11) is -3.95. The van der Waals surface area contributed by atoms with Gasteiger partial charge in [-0.3, -0.25) is 9.59 Å². The highest BCUT2D eigenvalue weighted by molar-refractivity contribution is 14.1. The summed E-state index contributed by atoms with van der Waals surface area (Å²) < 4.78 is 27.1. The molecule has 0 amide bonds. The summed E-state index contributed by atoms with van der Waals surface area (Å²) in [5.74, 6) is -2.39. The van der Waals surface area contributed by atoms with Crippen LogP contribution in [0.3, 0.4) is 0 Å². The fourth-order valence-electron chi connectivity index (χ4n) is 1.56. The van der Waals surface area contributed by atoms with Crippen molar-refractivity contribution in [1.29, 1.82) is 0 Å². The monoisotopic (exact) mass is 427 g/mol. The van der Waals surface area contributed by atoms with Gasteiger partial charge in [-0.25, -0.2) is 8.42 Å². The van der Waals surface area contributed by atoms with Crippen molar-refractivity contribution in [2.24, 2.45) is 0 Å². The molecule has 0 aliphatic carbocycles. The van der Waals surface area contributed by atoms with Crippen molar-refractivity contribution in [3.05, 3.63) is 27.8 Å². The Labute approximate surface area is 135 Å². The van der Waals surface area contributed by atoms with Crippen LogP contribution in [0.2, 0.25) is 0 Å². The number of aliphatic carboxylic acids is 2. The molecule has 3 N–H and O–H groups in total. The number of nitrogens with one attached hydrogen (secondary N) is 1. The molecule has 1 aromatic carbocycles. The number of hydrogen-bond donors (Lipinski definition) is 3. The molecule has 0 saturated heterocycles. The number of sulfonamides is 1. The maximum atomic E-state index is 12.1. The summed E-state index contributed by atoms with van der Waals surface area (Å²) >= 11 is 2.02. The molecule has 1 atom stereocenters. The molecule has 0 aromatic heterocycles. The van der Waals surface area contributed by atoms with E-state index in [0.717, 1.165) is 3.57 Å². The van der Waals surface area contributed by atoms with E-state index in [2.05, 4.69) is 4.72 Å². The molecule has 0 aliphatic rings.